The van der Waals surface area contributed by atoms with E-state index in [1.807, 2.05) is 54.6 Å². The Kier molecular flexibility index (Phi) is 7.86. The molecule has 168 valence electrons. The summed E-state index contributed by atoms with van der Waals surface area (Å²) in [5, 5.41) is 0. The van der Waals surface area contributed by atoms with Crippen molar-refractivity contribution in [3.8, 4) is 0 Å². The Hall–Kier alpha value is -2.22. The number of sulfonamides is 1. The van der Waals surface area contributed by atoms with Crippen molar-refractivity contribution in [1.29, 1.82) is 0 Å². The predicted octanol–water partition coefficient (Wildman–Crippen LogP) is 3.20. The van der Waals surface area contributed by atoms with Crippen LogP contribution in [0.15, 0.2) is 54.6 Å². The lowest BCUT2D eigenvalue weighted by molar-refractivity contribution is 0.0697. The van der Waals surface area contributed by atoms with Gasteiger partial charge in [0.25, 0.3) is 5.91 Å². The van der Waals surface area contributed by atoms with Gasteiger partial charge in [-0.1, -0.05) is 49.4 Å². The van der Waals surface area contributed by atoms with Crippen molar-refractivity contribution in [1.82, 2.24) is 14.1 Å². The minimum absolute atomic E-state index is 0.00555. The predicted molar refractivity (Wildman–Crippen MR) is 124 cm³/mol. The first-order chi connectivity index (χ1) is 14.8. The summed E-state index contributed by atoms with van der Waals surface area (Å²) in [5.74, 6) is -0.0446. The van der Waals surface area contributed by atoms with Crippen LogP contribution in [-0.4, -0.2) is 67.2 Å². The number of hydrogen-bond acceptors (Lipinski definition) is 4. The number of benzene rings is 2. The number of piperazine rings is 1. The zero-order valence-electron chi connectivity index (χ0n) is 18.7. The van der Waals surface area contributed by atoms with E-state index in [0.29, 0.717) is 37.8 Å². The van der Waals surface area contributed by atoms with Gasteiger partial charge in [-0.3, -0.25) is 9.69 Å². The molecule has 0 bridgehead atoms. The van der Waals surface area contributed by atoms with Gasteiger partial charge in [-0.05, 0) is 43.7 Å². The van der Waals surface area contributed by atoms with Crippen LogP contribution < -0.4 is 0 Å². The largest absolute Gasteiger partial charge is 0.336 e. The van der Waals surface area contributed by atoms with E-state index in [2.05, 4.69) is 25.7 Å². The molecule has 0 atom stereocenters. The quantitative estimate of drug-likeness (QED) is 0.629. The SMILES string of the molecule is CCN(Cc1ccc(C(=O)N2CCN(S(=O)(=O)Cc3ccccc3)CC2)cc1)C(C)C. The minimum atomic E-state index is -3.39. The standard InChI is InChI=1S/C24H33N3O3S/c1-4-25(20(2)3)18-21-10-12-23(13-11-21)24(28)26-14-16-27(17-15-26)31(29,30)19-22-8-6-5-7-9-22/h5-13,20H,4,14-19H2,1-3H3. The molecule has 1 aliphatic rings. The molecule has 3 rings (SSSR count). The summed E-state index contributed by atoms with van der Waals surface area (Å²) in [7, 11) is -3.39. The van der Waals surface area contributed by atoms with E-state index < -0.39 is 10.0 Å². The molecule has 0 unspecified atom stereocenters. The lowest BCUT2D eigenvalue weighted by Crippen LogP contribution is -2.50. The molecule has 6 nitrogen and oxygen atoms in total. The van der Waals surface area contributed by atoms with E-state index in [0.717, 1.165) is 18.7 Å². The normalized spacial score (nSPS) is 15.6. The molecule has 0 spiro atoms. The summed E-state index contributed by atoms with van der Waals surface area (Å²) in [6.45, 7) is 9.84. The maximum atomic E-state index is 12.9. The van der Waals surface area contributed by atoms with Crippen molar-refractivity contribution in [2.75, 3.05) is 32.7 Å². The van der Waals surface area contributed by atoms with Gasteiger partial charge in [0.15, 0.2) is 0 Å². The van der Waals surface area contributed by atoms with Crippen LogP contribution in [0.3, 0.4) is 0 Å². The summed E-state index contributed by atoms with van der Waals surface area (Å²) in [5.41, 5.74) is 2.61. The van der Waals surface area contributed by atoms with Crippen LogP contribution >= 0.6 is 0 Å². The molecule has 0 N–H and O–H groups in total. The second-order valence-electron chi connectivity index (χ2n) is 8.29. The molecule has 0 aromatic heterocycles. The fourth-order valence-electron chi connectivity index (χ4n) is 3.87. The monoisotopic (exact) mass is 443 g/mol. The number of carbonyl (C=O) groups is 1. The van der Waals surface area contributed by atoms with Crippen molar-refractivity contribution in [2.24, 2.45) is 0 Å². The van der Waals surface area contributed by atoms with Crippen LogP contribution in [0.5, 0.6) is 0 Å². The Balaban J connectivity index is 1.56. The van der Waals surface area contributed by atoms with Crippen molar-refractivity contribution in [3.05, 3.63) is 71.3 Å². The Morgan fingerprint density at radius 1 is 0.935 bits per heavy atom. The van der Waals surface area contributed by atoms with E-state index in [1.54, 1.807) is 4.90 Å². The molecule has 1 saturated heterocycles. The van der Waals surface area contributed by atoms with Crippen LogP contribution in [0.2, 0.25) is 0 Å². The first-order valence-electron chi connectivity index (χ1n) is 10.9. The summed E-state index contributed by atoms with van der Waals surface area (Å²) in [6, 6.07) is 17.5. The fraction of sp³-hybridized carbons (Fsp3) is 0.458. The summed E-state index contributed by atoms with van der Waals surface area (Å²) < 4.78 is 26.9. The van der Waals surface area contributed by atoms with Crippen molar-refractivity contribution >= 4 is 15.9 Å². The number of nitrogens with zero attached hydrogens (tertiary/aromatic N) is 3. The van der Waals surface area contributed by atoms with Gasteiger partial charge in [0, 0.05) is 44.3 Å². The average molecular weight is 444 g/mol. The second-order valence-corrected chi connectivity index (χ2v) is 10.3. The molecule has 1 heterocycles. The molecule has 7 heteroatoms. The molecule has 0 radical (unpaired) electrons. The first-order valence-corrected chi connectivity index (χ1v) is 12.5. The number of hydrogen-bond donors (Lipinski definition) is 0. The zero-order valence-corrected chi connectivity index (χ0v) is 19.5. The van der Waals surface area contributed by atoms with Gasteiger partial charge in [0.1, 0.15) is 0 Å². The van der Waals surface area contributed by atoms with Gasteiger partial charge in [-0.25, -0.2) is 8.42 Å². The first kappa shape index (κ1) is 23.4. The second kappa shape index (κ2) is 10.4. The molecule has 1 amide bonds. The van der Waals surface area contributed by atoms with Gasteiger partial charge in [-0.2, -0.15) is 4.31 Å². The lowest BCUT2D eigenvalue weighted by Gasteiger charge is -2.34. The third-order valence-corrected chi connectivity index (χ3v) is 7.68. The van der Waals surface area contributed by atoms with E-state index in [-0.39, 0.29) is 11.7 Å². The van der Waals surface area contributed by atoms with Crippen LogP contribution in [0, 0.1) is 0 Å². The number of carbonyl (C=O) groups excluding carboxylic acids is 1. The van der Waals surface area contributed by atoms with E-state index >= 15 is 0 Å². The molecule has 2 aromatic carbocycles. The third kappa shape index (κ3) is 6.15. The van der Waals surface area contributed by atoms with Gasteiger partial charge >= 0.3 is 0 Å². The molecular weight excluding hydrogens is 410 g/mol. The fourth-order valence-corrected chi connectivity index (χ4v) is 5.39. The van der Waals surface area contributed by atoms with Crippen molar-refractivity contribution in [2.45, 2.75) is 39.1 Å². The maximum absolute atomic E-state index is 12.9. The van der Waals surface area contributed by atoms with Gasteiger partial charge in [-0.15, -0.1) is 0 Å². The van der Waals surface area contributed by atoms with Crippen LogP contribution in [-0.2, 0) is 22.3 Å². The van der Waals surface area contributed by atoms with Crippen LogP contribution in [0.4, 0.5) is 0 Å². The molecule has 1 fully saturated rings. The van der Waals surface area contributed by atoms with Crippen LogP contribution in [0.1, 0.15) is 42.3 Å². The van der Waals surface area contributed by atoms with E-state index in [9.17, 15) is 13.2 Å². The van der Waals surface area contributed by atoms with E-state index in [1.165, 1.54) is 9.87 Å². The summed E-state index contributed by atoms with van der Waals surface area (Å²) in [6.07, 6.45) is 0. The third-order valence-electron chi connectivity index (χ3n) is 5.83. The molecule has 2 aromatic rings. The molecule has 1 aliphatic heterocycles. The Morgan fingerprint density at radius 2 is 1.55 bits per heavy atom. The zero-order chi connectivity index (χ0) is 22.4. The molecule has 0 aliphatic carbocycles. The Morgan fingerprint density at radius 3 is 2.10 bits per heavy atom. The van der Waals surface area contributed by atoms with Gasteiger partial charge in [0.2, 0.25) is 10.0 Å². The Labute approximate surface area is 186 Å². The van der Waals surface area contributed by atoms with E-state index in [4.69, 9.17) is 0 Å². The van der Waals surface area contributed by atoms with Gasteiger partial charge < -0.3 is 4.90 Å². The average Bonchev–Trinajstić information content (AvgIpc) is 2.77. The highest BCUT2D eigenvalue weighted by Gasteiger charge is 2.29. The smallest absolute Gasteiger partial charge is 0.253 e. The minimum Gasteiger partial charge on any atom is -0.336 e. The molecular formula is C24H33N3O3S. The lowest BCUT2D eigenvalue weighted by atomic mass is 10.1. The summed E-state index contributed by atoms with van der Waals surface area (Å²) >= 11 is 0. The highest BCUT2D eigenvalue weighted by Crippen LogP contribution is 2.16. The van der Waals surface area contributed by atoms with Crippen molar-refractivity contribution < 1.29 is 13.2 Å². The molecule has 31 heavy (non-hydrogen) atoms. The van der Waals surface area contributed by atoms with Crippen molar-refractivity contribution in [3.63, 3.8) is 0 Å². The molecule has 0 saturated carbocycles. The highest BCUT2D eigenvalue weighted by atomic mass is 32.2. The highest BCUT2D eigenvalue weighted by molar-refractivity contribution is 7.88. The van der Waals surface area contributed by atoms with Crippen LogP contribution in [0.25, 0.3) is 0 Å². The summed E-state index contributed by atoms with van der Waals surface area (Å²) in [4.78, 5) is 17.0. The van der Waals surface area contributed by atoms with Gasteiger partial charge in [0.05, 0.1) is 5.75 Å². The topological polar surface area (TPSA) is 60.9 Å². The maximum Gasteiger partial charge on any atom is 0.253 e. The number of rotatable bonds is 8. The number of amides is 1. The Bertz CT molecular complexity index is 951.